The number of rotatable bonds is 28. The maximum Gasteiger partial charge on any atom is 0.326 e. The van der Waals surface area contributed by atoms with Crippen molar-refractivity contribution in [3.63, 3.8) is 0 Å². The lowest BCUT2D eigenvalue weighted by atomic mass is 10.0. The summed E-state index contributed by atoms with van der Waals surface area (Å²) in [7, 11) is 0. The molecule has 30 heteroatoms. The van der Waals surface area contributed by atoms with Crippen LogP contribution in [0.15, 0.2) is 24.3 Å². The molecule has 10 atom stereocenters. The molecular weight excluding hydrogens is 1080 g/mol. The predicted octanol–water partition coefficient (Wildman–Crippen LogP) is -5.09. The SMILES string of the molecule is CC(C)[C@H](NC(=O)C1CCC(=O)NCCC(=O)NCCCC[C@H](NC(=O)[C@H](CCCCN)NC(=O)[C@H](Cc2ccc(O)cc2)NC(=O)[C@H](CC(N)=O)NC(=O)[C@H](CCCCN)NC(=O)[C@@H](N)CS)C(=O)NC([C@@H](C)O)C(=O)N1)C(=O)O. The number of aliphatic carboxylic acids is 1. The summed E-state index contributed by atoms with van der Waals surface area (Å²) < 4.78 is 0. The minimum atomic E-state index is -1.81. The van der Waals surface area contributed by atoms with Gasteiger partial charge >= 0.3 is 5.97 Å². The number of amides is 11. The number of carbonyl (C=O) groups excluding carboxylic acids is 11. The van der Waals surface area contributed by atoms with Crippen LogP contribution in [0.5, 0.6) is 5.75 Å². The average molecular weight is 1170 g/mol. The monoisotopic (exact) mass is 1160 g/mol. The number of aromatic hydroxyl groups is 1. The summed E-state index contributed by atoms with van der Waals surface area (Å²) in [5, 5.41) is 55.7. The summed E-state index contributed by atoms with van der Waals surface area (Å²) in [5.74, 6) is -12.0. The number of phenols is 1. The fraction of sp³-hybridized carbons (Fsp3) is 0.647. The van der Waals surface area contributed by atoms with Gasteiger partial charge in [0, 0.05) is 38.1 Å². The zero-order chi connectivity index (χ0) is 60.8. The second kappa shape index (κ2) is 37.0. The van der Waals surface area contributed by atoms with E-state index >= 15 is 0 Å². The lowest BCUT2D eigenvalue weighted by molar-refractivity contribution is -0.144. The number of thiol groups is 1. The van der Waals surface area contributed by atoms with Crippen LogP contribution in [0.1, 0.15) is 110 Å². The van der Waals surface area contributed by atoms with Crippen molar-refractivity contribution in [1.29, 1.82) is 0 Å². The number of aliphatic hydroxyl groups excluding tert-OH is 1. The van der Waals surface area contributed by atoms with E-state index < -0.39 is 144 Å². The highest BCUT2D eigenvalue weighted by Crippen LogP contribution is 2.14. The van der Waals surface area contributed by atoms with Crippen LogP contribution in [0.2, 0.25) is 0 Å². The van der Waals surface area contributed by atoms with Gasteiger partial charge in [-0.3, -0.25) is 52.7 Å². The van der Waals surface area contributed by atoms with E-state index in [-0.39, 0.29) is 102 Å². The Balaban J connectivity index is 2.59. The number of aliphatic hydroxyl groups is 1. The van der Waals surface area contributed by atoms with Gasteiger partial charge in [-0.05, 0) is 108 Å². The number of carboxylic acid groups (broad SMARTS) is 1. The van der Waals surface area contributed by atoms with Gasteiger partial charge < -0.3 is 91.4 Å². The van der Waals surface area contributed by atoms with Crippen LogP contribution >= 0.6 is 12.6 Å². The van der Waals surface area contributed by atoms with Gasteiger partial charge in [0.25, 0.3) is 0 Å². The first-order chi connectivity index (χ1) is 38.3. The third-order valence-electron chi connectivity index (χ3n) is 12.9. The van der Waals surface area contributed by atoms with Crippen molar-refractivity contribution in [2.75, 3.05) is 31.9 Å². The third-order valence-corrected chi connectivity index (χ3v) is 13.3. The van der Waals surface area contributed by atoms with Crippen molar-refractivity contribution in [3.05, 3.63) is 29.8 Å². The minimum Gasteiger partial charge on any atom is -0.508 e. The lowest BCUT2D eigenvalue weighted by Crippen LogP contribution is -2.62. The van der Waals surface area contributed by atoms with Crippen LogP contribution in [0, 0.1) is 5.92 Å². The molecule has 81 heavy (non-hydrogen) atoms. The second-order valence-electron chi connectivity index (χ2n) is 20.0. The zero-order valence-corrected chi connectivity index (χ0v) is 47.0. The number of hydrogen-bond acceptors (Lipinski definition) is 18. The van der Waals surface area contributed by atoms with E-state index in [4.69, 9.17) is 22.9 Å². The van der Waals surface area contributed by atoms with E-state index in [0.29, 0.717) is 24.8 Å². The molecule has 1 aliphatic heterocycles. The van der Waals surface area contributed by atoms with Crippen molar-refractivity contribution in [2.45, 2.75) is 171 Å². The summed E-state index contributed by atoms with van der Waals surface area (Å²) in [6.45, 7) is 4.66. The Kier molecular flexibility index (Phi) is 31.9. The lowest BCUT2D eigenvalue weighted by Gasteiger charge is -2.29. The van der Waals surface area contributed by atoms with Gasteiger partial charge in [0.2, 0.25) is 65.0 Å². The number of nitrogens with two attached hydrogens (primary N) is 4. The number of hydrogen-bond donors (Lipinski definition) is 18. The molecule has 29 nitrogen and oxygen atoms in total. The highest BCUT2D eigenvalue weighted by molar-refractivity contribution is 7.80. The first-order valence-electron chi connectivity index (χ1n) is 27.0. The predicted molar refractivity (Wildman–Crippen MR) is 297 cm³/mol. The molecule has 2 unspecified atom stereocenters. The Morgan fingerprint density at radius 1 is 0.679 bits per heavy atom. The van der Waals surface area contributed by atoms with Crippen molar-refractivity contribution >= 4 is 83.6 Å². The fourth-order valence-corrected chi connectivity index (χ4v) is 8.32. The Labute approximate surface area is 475 Å². The molecule has 11 amide bonds. The Morgan fingerprint density at radius 3 is 1.79 bits per heavy atom. The van der Waals surface area contributed by atoms with Crippen LogP contribution in [-0.4, -0.2) is 179 Å². The first-order valence-corrected chi connectivity index (χ1v) is 27.6. The Hall–Kier alpha value is -7.15. The number of phenolic OH excluding ortho intramolecular Hbond substituents is 1. The molecule has 0 spiro atoms. The Morgan fingerprint density at radius 2 is 1.22 bits per heavy atom. The molecule has 1 saturated heterocycles. The molecule has 0 saturated carbocycles. The molecule has 0 bridgehead atoms. The molecule has 1 fully saturated rings. The van der Waals surface area contributed by atoms with Crippen LogP contribution in [0.4, 0.5) is 0 Å². The first kappa shape index (κ1) is 70.0. The molecule has 1 aromatic rings. The molecule has 0 aliphatic carbocycles. The van der Waals surface area contributed by atoms with Crippen molar-refractivity contribution in [3.8, 4) is 5.75 Å². The van der Waals surface area contributed by atoms with Gasteiger partial charge in [0.15, 0.2) is 0 Å². The van der Waals surface area contributed by atoms with E-state index in [1.54, 1.807) is 0 Å². The summed E-state index contributed by atoms with van der Waals surface area (Å²) in [6, 6.07) is -7.94. The molecule has 1 aliphatic rings. The van der Waals surface area contributed by atoms with Gasteiger partial charge in [-0.1, -0.05) is 26.0 Å². The van der Waals surface area contributed by atoms with Crippen LogP contribution in [-0.2, 0) is 64.0 Å². The molecule has 1 heterocycles. The highest BCUT2D eigenvalue weighted by Gasteiger charge is 2.37. The summed E-state index contributed by atoms with van der Waals surface area (Å²) in [6.07, 6.45) is -2.01. The van der Waals surface area contributed by atoms with Crippen LogP contribution in [0.3, 0.4) is 0 Å². The minimum absolute atomic E-state index is 0.0505. The summed E-state index contributed by atoms with van der Waals surface area (Å²) >= 11 is 4.03. The van der Waals surface area contributed by atoms with Gasteiger partial charge in [0.1, 0.15) is 54.1 Å². The van der Waals surface area contributed by atoms with Gasteiger partial charge in [-0.2, -0.15) is 12.6 Å². The van der Waals surface area contributed by atoms with E-state index in [1.807, 2.05) is 0 Å². The van der Waals surface area contributed by atoms with Crippen LogP contribution in [0.25, 0.3) is 0 Å². The number of benzene rings is 1. The zero-order valence-electron chi connectivity index (χ0n) is 46.1. The average Bonchev–Trinajstić information content (AvgIpc) is 3.40. The van der Waals surface area contributed by atoms with Crippen molar-refractivity contribution in [1.82, 2.24) is 53.2 Å². The van der Waals surface area contributed by atoms with Crippen LogP contribution < -0.4 is 76.1 Å². The molecule has 2 rings (SSSR count). The molecule has 0 aromatic heterocycles. The quantitative estimate of drug-likeness (QED) is 0.0276. The highest BCUT2D eigenvalue weighted by atomic mass is 32.1. The topological polar surface area (TPSA) is 490 Å². The molecule has 454 valence electrons. The third kappa shape index (κ3) is 26.3. The molecular formula is C51H84N14O15S. The van der Waals surface area contributed by atoms with Crippen molar-refractivity contribution in [2.24, 2.45) is 28.9 Å². The number of carbonyl (C=O) groups is 12. The molecule has 21 N–H and O–H groups in total. The number of unbranched alkanes of at least 4 members (excludes halogenated alkanes) is 2. The molecule has 1 aromatic carbocycles. The number of nitrogens with one attached hydrogen (secondary N) is 10. The van der Waals surface area contributed by atoms with E-state index in [2.05, 4.69) is 65.8 Å². The normalized spacial score (nSPS) is 19.4. The second-order valence-corrected chi connectivity index (χ2v) is 20.4. The maximum absolute atomic E-state index is 14.5. The van der Waals surface area contributed by atoms with E-state index in [0.717, 1.165) is 6.92 Å². The largest absolute Gasteiger partial charge is 0.508 e. The number of carboxylic acids is 1. The number of primary amides is 1. The molecule has 0 radical (unpaired) electrons. The van der Waals surface area contributed by atoms with Gasteiger partial charge in [0.05, 0.1) is 18.6 Å². The maximum atomic E-state index is 14.5. The summed E-state index contributed by atoms with van der Waals surface area (Å²) in [4.78, 5) is 161. The fourth-order valence-electron chi connectivity index (χ4n) is 8.16. The van der Waals surface area contributed by atoms with Crippen molar-refractivity contribution < 1.29 is 72.9 Å². The smallest absolute Gasteiger partial charge is 0.326 e. The van der Waals surface area contributed by atoms with Gasteiger partial charge in [-0.15, -0.1) is 0 Å². The summed E-state index contributed by atoms with van der Waals surface area (Å²) in [5.41, 5.74) is 23.1. The standard InChI is InChI=1S/C51H84N14O15S/c1-27(2)41(51(79)80)64-47(75)35-17-18-39(69)57-23-19-40(70)56-22-9-6-12-34(46(74)65-42(28(3)66)50(78)61-35)59-44(72)33(11-5-8-21-53)60-48(76)36(24-29-13-15-30(67)16-14-29)62-49(77)37(25-38(55)68)63-45(73)32(10-4-7-20-52)58-43(71)31(54)26-81/h13-16,27-28,31-37,41-42,66-67,81H,4-12,17-26,52-54H2,1-3H3,(H2,55,68)(H,56,70)(H,57,69)(H,58,71)(H,59,72)(H,60,76)(H,61,78)(H,62,77)(H,63,73)(H,64,75)(H,65,74)(H,79,80)/t28-,31+,32+,33+,34+,35?,36+,37+,41+,42?/m1/s1. The Bertz CT molecular complexity index is 2300. The van der Waals surface area contributed by atoms with Gasteiger partial charge in [-0.25, -0.2) is 4.79 Å². The van der Waals surface area contributed by atoms with E-state index in [9.17, 15) is 72.9 Å². The van der Waals surface area contributed by atoms with E-state index in [1.165, 1.54) is 38.1 Å².